The Morgan fingerprint density at radius 1 is 1.10 bits per heavy atom. The van der Waals surface area contributed by atoms with E-state index in [0.29, 0.717) is 22.0 Å². The fraction of sp³-hybridized carbons (Fsp3) is 0.304. The monoisotopic (exact) mass is 428 g/mol. The molecule has 0 bridgehead atoms. The van der Waals surface area contributed by atoms with Crippen molar-refractivity contribution in [2.24, 2.45) is 0 Å². The van der Waals surface area contributed by atoms with Gasteiger partial charge in [-0.1, -0.05) is 29.8 Å². The smallest absolute Gasteiger partial charge is 0.282 e. The minimum absolute atomic E-state index is 0.0257. The number of amides is 2. The van der Waals surface area contributed by atoms with Crippen LogP contribution in [0.5, 0.6) is 5.75 Å². The second-order valence-corrected chi connectivity index (χ2v) is 7.85. The lowest BCUT2D eigenvalue weighted by Crippen LogP contribution is -2.34. The van der Waals surface area contributed by atoms with Crippen LogP contribution in [0, 0.1) is 6.92 Å². The largest absolute Gasteiger partial charge is 0.491 e. The summed E-state index contributed by atoms with van der Waals surface area (Å²) in [7, 11) is 1.68. The van der Waals surface area contributed by atoms with Crippen LogP contribution in [0.3, 0.4) is 0 Å². The first kappa shape index (κ1) is 21.9. The summed E-state index contributed by atoms with van der Waals surface area (Å²) in [4.78, 5) is 29.4. The Labute approximate surface area is 181 Å². The van der Waals surface area contributed by atoms with E-state index in [1.807, 2.05) is 20.8 Å². The first-order valence-corrected chi connectivity index (χ1v) is 10.1. The zero-order valence-corrected chi connectivity index (χ0v) is 18.2. The Kier molecular flexibility index (Phi) is 6.48. The van der Waals surface area contributed by atoms with Crippen LogP contribution in [-0.4, -0.2) is 48.1 Å². The minimum Gasteiger partial charge on any atom is -0.491 e. The molecule has 6 nitrogen and oxygen atoms in total. The molecule has 0 saturated carbocycles. The van der Waals surface area contributed by atoms with E-state index in [0.717, 1.165) is 10.5 Å². The molecule has 0 unspecified atom stereocenters. The van der Waals surface area contributed by atoms with E-state index in [1.165, 1.54) is 0 Å². The number of anilines is 1. The molecule has 1 N–H and O–H groups in total. The van der Waals surface area contributed by atoms with Gasteiger partial charge in [0, 0.05) is 18.6 Å². The van der Waals surface area contributed by atoms with Gasteiger partial charge in [-0.15, -0.1) is 0 Å². The predicted molar refractivity (Wildman–Crippen MR) is 118 cm³/mol. The summed E-state index contributed by atoms with van der Waals surface area (Å²) in [5, 5.41) is 9.84. The zero-order valence-electron chi connectivity index (χ0n) is 17.5. The Morgan fingerprint density at radius 2 is 1.77 bits per heavy atom. The van der Waals surface area contributed by atoms with Gasteiger partial charge in [0.15, 0.2) is 0 Å². The number of likely N-dealkylation sites (N-methyl/N-ethyl adjacent to an activating group) is 1. The van der Waals surface area contributed by atoms with Gasteiger partial charge in [0.1, 0.15) is 11.4 Å². The summed E-state index contributed by atoms with van der Waals surface area (Å²) in [6.07, 6.45) is 0.0257. The van der Waals surface area contributed by atoms with Crippen molar-refractivity contribution in [2.75, 3.05) is 25.1 Å². The number of nitrogens with zero attached hydrogens (tertiary/aromatic N) is 2. The van der Waals surface area contributed by atoms with Crippen LogP contribution < -0.4 is 9.64 Å². The molecule has 0 atom stereocenters. The van der Waals surface area contributed by atoms with Gasteiger partial charge in [-0.05, 0) is 56.2 Å². The van der Waals surface area contributed by atoms with Crippen LogP contribution in [0.4, 0.5) is 5.69 Å². The van der Waals surface area contributed by atoms with Crippen molar-refractivity contribution >= 4 is 34.7 Å². The van der Waals surface area contributed by atoms with Gasteiger partial charge >= 0.3 is 0 Å². The molecule has 1 aliphatic heterocycles. The number of aliphatic hydroxyl groups is 1. The van der Waals surface area contributed by atoms with Crippen molar-refractivity contribution in [3.05, 3.63) is 64.3 Å². The van der Waals surface area contributed by atoms with Gasteiger partial charge in [0.25, 0.3) is 11.8 Å². The maximum Gasteiger partial charge on any atom is 0.282 e. The third kappa shape index (κ3) is 4.20. The van der Waals surface area contributed by atoms with Gasteiger partial charge in [-0.2, -0.15) is 0 Å². The molecule has 1 heterocycles. The molecule has 0 fully saturated rings. The molecule has 158 valence electrons. The van der Waals surface area contributed by atoms with Crippen LogP contribution in [0.15, 0.2) is 48.2 Å². The number of aryl methyl sites for hydroxylation is 1. The summed E-state index contributed by atoms with van der Waals surface area (Å²) in [5.41, 5.74) is 2.38. The van der Waals surface area contributed by atoms with Crippen molar-refractivity contribution in [1.82, 2.24) is 4.90 Å². The van der Waals surface area contributed by atoms with E-state index in [2.05, 4.69) is 0 Å². The standard InChI is InChI=1S/C23H25ClN2O4/c1-14(2)30-18-9-6-16(7-10-18)20-21(25(4)11-12-27)23(29)26(22(20)28)17-8-5-15(3)19(24)13-17/h5-10,13-14,27H,11-12H2,1-4H3. The molecule has 0 saturated heterocycles. The molecule has 0 radical (unpaired) electrons. The van der Waals surface area contributed by atoms with Crippen LogP contribution >= 0.6 is 11.6 Å². The lowest BCUT2D eigenvalue weighted by atomic mass is 10.0. The highest BCUT2D eigenvalue weighted by molar-refractivity contribution is 6.45. The molecule has 7 heteroatoms. The maximum atomic E-state index is 13.4. The summed E-state index contributed by atoms with van der Waals surface area (Å²) in [5.74, 6) is -0.204. The van der Waals surface area contributed by atoms with Gasteiger partial charge < -0.3 is 14.7 Å². The van der Waals surface area contributed by atoms with Crippen LogP contribution in [0.1, 0.15) is 25.0 Å². The maximum absolute atomic E-state index is 13.4. The molecule has 0 spiro atoms. The number of hydrogen-bond acceptors (Lipinski definition) is 5. The Morgan fingerprint density at radius 3 is 2.33 bits per heavy atom. The molecule has 2 aromatic carbocycles. The number of hydrogen-bond donors (Lipinski definition) is 1. The van der Waals surface area contributed by atoms with E-state index >= 15 is 0 Å². The van der Waals surface area contributed by atoms with Crippen LogP contribution in [0.25, 0.3) is 5.57 Å². The molecule has 0 aliphatic carbocycles. The van der Waals surface area contributed by atoms with E-state index in [1.54, 1.807) is 54.4 Å². The summed E-state index contributed by atoms with van der Waals surface area (Å²) in [6.45, 7) is 5.79. The molecular formula is C23H25ClN2O4. The van der Waals surface area contributed by atoms with Crippen molar-refractivity contribution in [3.63, 3.8) is 0 Å². The highest BCUT2D eigenvalue weighted by Gasteiger charge is 2.41. The predicted octanol–water partition coefficient (Wildman–Crippen LogP) is 3.64. The first-order chi connectivity index (χ1) is 14.2. The zero-order chi connectivity index (χ0) is 22.0. The van der Waals surface area contributed by atoms with E-state index in [-0.39, 0.29) is 30.5 Å². The fourth-order valence-electron chi connectivity index (χ4n) is 3.32. The number of ether oxygens (including phenoxy) is 1. The molecule has 2 amide bonds. The summed E-state index contributed by atoms with van der Waals surface area (Å²) < 4.78 is 5.67. The average Bonchev–Trinajstić information content (AvgIpc) is 2.95. The lowest BCUT2D eigenvalue weighted by molar-refractivity contribution is -0.120. The second-order valence-electron chi connectivity index (χ2n) is 7.44. The second kappa shape index (κ2) is 8.90. The van der Waals surface area contributed by atoms with Gasteiger partial charge in [-0.25, -0.2) is 4.90 Å². The molecule has 30 heavy (non-hydrogen) atoms. The topological polar surface area (TPSA) is 70.1 Å². The highest BCUT2D eigenvalue weighted by atomic mass is 35.5. The Bertz CT molecular complexity index is 999. The lowest BCUT2D eigenvalue weighted by Gasteiger charge is -2.20. The summed E-state index contributed by atoms with van der Waals surface area (Å²) >= 11 is 6.23. The molecule has 0 aromatic heterocycles. The highest BCUT2D eigenvalue weighted by Crippen LogP contribution is 2.36. The first-order valence-electron chi connectivity index (χ1n) is 9.73. The van der Waals surface area contributed by atoms with Crippen LogP contribution in [0.2, 0.25) is 5.02 Å². The Hall–Kier alpha value is -2.83. The Balaban J connectivity index is 2.07. The third-order valence-corrected chi connectivity index (χ3v) is 5.21. The van der Waals surface area contributed by atoms with Gasteiger partial charge in [-0.3, -0.25) is 9.59 Å². The van der Waals surface area contributed by atoms with E-state index in [9.17, 15) is 14.7 Å². The third-order valence-electron chi connectivity index (χ3n) is 4.80. The number of benzene rings is 2. The normalized spacial score (nSPS) is 14.2. The van der Waals surface area contributed by atoms with Crippen molar-refractivity contribution in [1.29, 1.82) is 0 Å². The van der Waals surface area contributed by atoms with Crippen molar-refractivity contribution in [3.8, 4) is 5.75 Å². The van der Waals surface area contributed by atoms with E-state index < -0.39 is 11.8 Å². The van der Waals surface area contributed by atoms with Crippen molar-refractivity contribution in [2.45, 2.75) is 26.9 Å². The number of rotatable bonds is 7. The average molecular weight is 429 g/mol. The number of halogens is 1. The number of aliphatic hydroxyl groups excluding tert-OH is 1. The number of carbonyl (C=O) groups is 2. The van der Waals surface area contributed by atoms with Gasteiger partial charge in [0.05, 0.1) is 24.0 Å². The van der Waals surface area contributed by atoms with Crippen LogP contribution in [-0.2, 0) is 9.59 Å². The van der Waals surface area contributed by atoms with Gasteiger partial charge in [0.2, 0.25) is 0 Å². The molecule has 2 aromatic rings. The SMILES string of the molecule is Cc1ccc(N2C(=O)C(c3ccc(OC(C)C)cc3)=C(N(C)CCO)C2=O)cc1Cl. The fourth-order valence-corrected chi connectivity index (χ4v) is 3.50. The molecular weight excluding hydrogens is 404 g/mol. The minimum atomic E-state index is -0.451. The van der Waals surface area contributed by atoms with E-state index in [4.69, 9.17) is 16.3 Å². The number of imide groups is 1. The molecule has 1 aliphatic rings. The summed E-state index contributed by atoms with van der Waals surface area (Å²) in [6, 6.07) is 12.1. The van der Waals surface area contributed by atoms with Crippen molar-refractivity contribution < 1.29 is 19.4 Å². The molecule has 3 rings (SSSR count). The number of carbonyl (C=O) groups excluding carboxylic acids is 2. The quantitative estimate of drug-likeness (QED) is 0.682.